The van der Waals surface area contributed by atoms with Crippen LogP contribution in [0.2, 0.25) is 0 Å². The first kappa shape index (κ1) is 17.2. The highest BCUT2D eigenvalue weighted by Gasteiger charge is 2.42. The predicted octanol–water partition coefficient (Wildman–Crippen LogP) is 1.98. The zero-order valence-corrected chi connectivity index (χ0v) is 14.0. The molecule has 25 heavy (non-hydrogen) atoms. The van der Waals surface area contributed by atoms with Crippen molar-refractivity contribution in [2.24, 2.45) is 0 Å². The third kappa shape index (κ3) is 3.41. The van der Waals surface area contributed by atoms with Crippen LogP contribution in [-0.4, -0.2) is 48.4 Å². The number of rotatable bonds is 4. The van der Waals surface area contributed by atoms with Crippen LogP contribution in [0.25, 0.3) is 0 Å². The number of amides is 2. The van der Waals surface area contributed by atoms with Crippen molar-refractivity contribution in [2.75, 3.05) is 20.7 Å². The fourth-order valence-electron chi connectivity index (χ4n) is 2.94. The lowest BCUT2D eigenvalue weighted by molar-refractivity contribution is -0.167. The van der Waals surface area contributed by atoms with E-state index in [-0.39, 0.29) is 30.5 Å². The van der Waals surface area contributed by atoms with Crippen LogP contribution in [0.15, 0.2) is 47.1 Å². The second kappa shape index (κ2) is 7.06. The SMILES string of the molecule is CN(Cc1ccco1)C(=O)[C@H]1OCC(=O)N(C)[C@@H]1c1ccccc1F. The number of halogens is 1. The third-order valence-electron chi connectivity index (χ3n) is 4.30. The van der Waals surface area contributed by atoms with Crippen molar-refractivity contribution in [3.8, 4) is 0 Å². The molecule has 0 saturated carbocycles. The molecule has 0 aliphatic carbocycles. The molecule has 1 aromatic carbocycles. The van der Waals surface area contributed by atoms with Crippen LogP contribution in [0, 0.1) is 5.82 Å². The third-order valence-corrected chi connectivity index (χ3v) is 4.30. The molecule has 132 valence electrons. The smallest absolute Gasteiger partial charge is 0.254 e. The van der Waals surface area contributed by atoms with E-state index in [0.29, 0.717) is 5.76 Å². The second-order valence-electron chi connectivity index (χ2n) is 5.98. The Labute approximate surface area is 144 Å². The van der Waals surface area contributed by atoms with Crippen LogP contribution in [0.3, 0.4) is 0 Å². The Morgan fingerprint density at radius 2 is 2.08 bits per heavy atom. The molecule has 1 saturated heterocycles. The molecule has 7 heteroatoms. The van der Waals surface area contributed by atoms with E-state index in [1.807, 2.05) is 0 Å². The normalized spacial score (nSPS) is 20.6. The molecule has 0 N–H and O–H groups in total. The number of likely N-dealkylation sites (N-methyl/N-ethyl adjacent to an activating group) is 2. The molecule has 2 heterocycles. The molecule has 3 rings (SSSR count). The summed E-state index contributed by atoms with van der Waals surface area (Å²) in [5.74, 6) is -0.502. The zero-order chi connectivity index (χ0) is 18.0. The Morgan fingerprint density at radius 3 is 2.76 bits per heavy atom. The molecule has 6 nitrogen and oxygen atoms in total. The number of nitrogens with zero attached hydrogens (tertiary/aromatic N) is 2. The summed E-state index contributed by atoms with van der Waals surface area (Å²) < 4.78 is 25.0. The van der Waals surface area contributed by atoms with Crippen molar-refractivity contribution in [3.05, 3.63) is 59.8 Å². The number of carbonyl (C=O) groups excluding carboxylic acids is 2. The minimum atomic E-state index is -0.987. The van der Waals surface area contributed by atoms with Gasteiger partial charge >= 0.3 is 0 Å². The quantitative estimate of drug-likeness (QED) is 0.849. The van der Waals surface area contributed by atoms with Crippen molar-refractivity contribution < 1.29 is 23.1 Å². The van der Waals surface area contributed by atoms with E-state index < -0.39 is 18.0 Å². The van der Waals surface area contributed by atoms with Gasteiger partial charge in [0.2, 0.25) is 5.91 Å². The monoisotopic (exact) mass is 346 g/mol. The Balaban J connectivity index is 1.88. The molecule has 2 aromatic rings. The summed E-state index contributed by atoms with van der Waals surface area (Å²) in [7, 11) is 3.16. The van der Waals surface area contributed by atoms with Gasteiger partial charge in [0.25, 0.3) is 5.91 Å². The van der Waals surface area contributed by atoms with Gasteiger partial charge in [-0.15, -0.1) is 0 Å². The minimum Gasteiger partial charge on any atom is -0.467 e. The van der Waals surface area contributed by atoms with Crippen molar-refractivity contribution in [1.82, 2.24) is 9.80 Å². The molecular weight excluding hydrogens is 327 g/mol. The predicted molar refractivity (Wildman–Crippen MR) is 86.8 cm³/mol. The van der Waals surface area contributed by atoms with Crippen molar-refractivity contribution in [2.45, 2.75) is 18.7 Å². The Bertz CT molecular complexity index is 762. The van der Waals surface area contributed by atoms with Gasteiger partial charge in [0.1, 0.15) is 18.2 Å². The number of morpholine rings is 1. The Kier molecular flexibility index (Phi) is 4.85. The molecule has 0 bridgehead atoms. The number of hydrogen-bond donors (Lipinski definition) is 0. The summed E-state index contributed by atoms with van der Waals surface area (Å²) in [5.41, 5.74) is 0.253. The van der Waals surface area contributed by atoms with Crippen LogP contribution in [0.4, 0.5) is 4.39 Å². The summed E-state index contributed by atoms with van der Waals surface area (Å²) in [6.45, 7) is 0.0415. The number of benzene rings is 1. The molecule has 2 atom stereocenters. The van der Waals surface area contributed by atoms with Crippen LogP contribution in [-0.2, 0) is 20.9 Å². The van der Waals surface area contributed by atoms with Crippen LogP contribution < -0.4 is 0 Å². The highest BCUT2D eigenvalue weighted by Crippen LogP contribution is 2.31. The summed E-state index contributed by atoms with van der Waals surface area (Å²) in [6.07, 6.45) is 0.541. The summed E-state index contributed by atoms with van der Waals surface area (Å²) in [4.78, 5) is 27.7. The summed E-state index contributed by atoms with van der Waals surface area (Å²) in [5, 5.41) is 0. The van der Waals surface area contributed by atoms with Gasteiger partial charge in [0, 0.05) is 19.7 Å². The molecule has 1 aliphatic heterocycles. The molecule has 2 amide bonds. The van der Waals surface area contributed by atoms with Gasteiger partial charge in [-0.1, -0.05) is 18.2 Å². The number of carbonyl (C=O) groups is 2. The highest BCUT2D eigenvalue weighted by atomic mass is 19.1. The lowest BCUT2D eigenvalue weighted by atomic mass is 9.96. The average molecular weight is 346 g/mol. The van der Waals surface area contributed by atoms with Gasteiger partial charge < -0.3 is 19.0 Å². The Morgan fingerprint density at radius 1 is 1.32 bits per heavy atom. The fourth-order valence-corrected chi connectivity index (χ4v) is 2.94. The maximum absolute atomic E-state index is 14.3. The first-order valence-electron chi connectivity index (χ1n) is 7.88. The summed E-state index contributed by atoms with van der Waals surface area (Å²) in [6, 6.07) is 8.76. The average Bonchev–Trinajstić information content (AvgIpc) is 3.10. The molecule has 1 aromatic heterocycles. The maximum Gasteiger partial charge on any atom is 0.254 e. The molecular formula is C18H19FN2O4. The lowest BCUT2D eigenvalue weighted by Crippen LogP contribution is -2.53. The van der Waals surface area contributed by atoms with Gasteiger partial charge in [-0.25, -0.2) is 4.39 Å². The van der Waals surface area contributed by atoms with Gasteiger partial charge in [-0.05, 0) is 18.2 Å². The van der Waals surface area contributed by atoms with E-state index in [1.54, 1.807) is 44.4 Å². The standard InChI is InChI=1S/C18H19FN2O4/c1-20(10-12-6-5-9-24-12)18(23)17-16(21(2)15(22)11-25-17)13-7-3-4-8-14(13)19/h3-9,16-17H,10-11H2,1-2H3/t16-,17+/m1/s1. The number of furan rings is 1. The van der Waals surface area contributed by atoms with E-state index >= 15 is 0 Å². The van der Waals surface area contributed by atoms with Gasteiger partial charge in [0.15, 0.2) is 6.10 Å². The first-order valence-corrected chi connectivity index (χ1v) is 7.88. The van der Waals surface area contributed by atoms with Gasteiger partial charge in [0.05, 0.1) is 18.8 Å². The van der Waals surface area contributed by atoms with Gasteiger partial charge in [-0.3, -0.25) is 9.59 Å². The lowest BCUT2D eigenvalue weighted by Gasteiger charge is -2.39. The van der Waals surface area contributed by atoms with Crippen LogP contribution >= 0.6 is 0 Å². The Hall–Kier alpha value is -2.67. The van der Waals surface area contributed by atoms with E-state index in [1.165, 1.54) is 22.1 Å². The number of ether oxygens (including phenoxy) is 1. The van der Waals surface area contributed by atoms with Crippen LogP contribution in [0.1, 0.15) is 17.4 Å². The first-order chi connectivity index (χ1) is 12.0. The van der Waals surface area contributed by atoms with Gasteiger partial charge in [-0.2, -0.15) is 0 Å². The maximum atomic E-state index is 14.3. The second-order valence-corrected chi connectivity index (χ2v) is 5.98. The molecule has 0 unspecified atom stereocenters. The molecule has 1 fully saturated rings. The van der Waals surface area contributed by atoms with Crippen molar-refractivity contribution >= 4 is 11.8 Å². The summed E-state index contributed by atoms with van der Waals surface area (Å²) >= 11 is 0. The van der Waals surface area contributed by atoms with E-state index in [4.69, 9.17) is 9.15 Å². The van der Waals surface area contributed by atoms with Crippen LogP contribution in [0.5, 0.6) is 0 Å². The largest absolute Gasteiger partial charge is 0.467 e. The molecule has 0 radical (unpaired) electrons. The number of hydrogen-bond acceptors (Lipinski definition) is 4. The minimum absolute atomic E-state index is 0.216. The van der Waals surface area contributed by atoms with E-state index in [0.717, 1.165) is 0 Å². The molecule has 0 spiro atoms. The van der Waals surface area contributed by atoms with Crippen molar-refractivity contribution in [1.29, 1.82) is 0 Å². The van der Waals surface area contributed by atoms with Crippen molar-refractivity contribution in [3.63, 3.8) is 0 Å². The highest BCUT2D eigenvalue weighted by molar-refractivity contribution is 5.86. The molecule has 1 aliphatic rings. The fraction of sp³-hybridized carbons (Fsp3) is 0.333. The zero-order valence-electron chi connectivity index (χ0n) is 14.0. The van der Waals surface area contributed by atoms with E-state index in [9.17, 15) is 14.0 Å². The van der Waals surface area contributed by atoms with E-state index in [2.05, 4.69) is 0 Å². The topological polar surface area (TPSA) is 63.0 Å².